The lowest BCUT2D eigenvalue weighted by atomic mass is 10.4. The van der Waals surface area contributed by atoms with E-state index in [1.165, 1.54) is 0 Å². The summed E-state index contributed by atoms with van der Waals surface area (Å²) >= 11 is 0. The fourth-order valence-electron chi connectivity index (χ4n) is 2.04. The molecule has 108 valence electrons. The molecule has 2 rings (SSSR count). The number of nitrogens with zero attached hydrogens (tertiary/aromatic N) is 4. The Morgan fingerprint density at radius 1 is 1.45 bits per heavy atom. The quantitative estimate of drug-likeness (QED) is 0.802. The maximum Gasteiger partial charge on any atom is 0.360 e. The van der Waals surface area contributed by atoms with Crippen LogP contribution >= 0.6 is 0 Å². The van der Waals surface area contributed by atoms with Crippen molar-refractivity contribution in [2.45, 2.75) is 33.4 Å². The summed E-state index contributed by atoms with van der Waals surface area (Å²) in [7, 11) is 0. The zero-order valence-electron chi connectivity index (χ0n) is 11.7. The Labute approximate surface area is 117 Å². The van der Waals surface area contributed by atoms with Gasteiger partial charge in [-0.3, -0.25) is 0 Å². The second kappa shape index (κ2) is 6.23. The number of hydrogen-bond acceptors (Lipinski definition) is 5. The molecule has 0 unspecified atom stereocenters. The Kier molecular flexibility index (Phi) is 4.39. The van der Waals surface area contributed by atoms with Gasteiger partial charge in [0.2, 0.25) is 0 Å². The van der Waals surface area contributed by atoms with Crippen LogP contribution < -0.4 is 5.73 Å². The normalized spacial score (nSPS) is 10.7. The van der Waals surface area contributed by atoms with E-state index in [0.717, 1.165) is 18.8 Å². The number of imidazole rings is 2. The standard InChI is InChI=1S/C13H19N5O2/c1-3-20-13(19)11-12(14)18(10(2)16-11)7-4-6-17-8-5-15-9-17/h5,8-9H,3-4,6-7,14H2,1-2H3. The van der Waals surface area contributed by atoms with Crippen molar-refractivity contribution >= 4 is 11.8 Å². The molecule has 0 saturated heterocycles. The minimum absolute atomic E-state index is 0.201. The van der Waals surface area contributed by atoms with E-state index in [0.29, 0.717) is 19.0 Å². The molecule has 0 aliphatic heterocycles. The SMILES string of the molecule is CCOC(=O)c1nc(C)n(CCCn2ccnc2)c1N. The lowest BCUT2D eigenvalue weighted by molar-refractivity contribution is 0.0521. The molecule has 0 amide bonds. The molecule has 7 heteroatoms. The maximum atomic E-state index is 11.7. The number of rotatable bonds is 6. The van der Waals surface area contributed by atoms with Gasteiger partial charge >= 0.3 is 5.97 Å². The first kappa shape index (κ1) is 14.1. The molecule has 0 fully saturated rings. The van der Waals surface area contributed by atoms with Crippen LogP contribution in [0.2, 0.25) is 0 Å². The first-order chi connectivity index (χ1) is 9.63. The van der Waals surface area contributed by atoms with E-state index >= 15 is 0 Å². The van der Waals surface area contributed by atoms with E-state index in [2.05, 4.69) is 9.97 Å². The number of nitrogens with two attached hydrogens (primary N) is 1. The largest absolute Gasteiger partial charge is 0.461 e. The van der Waals surface area contributed by atoms with Crippen molar-refractivity contribution in [2.24, 2.45) is 0 Å². The average Bonchev–Trinajstić information content (AvgIpc) is 3.01. The van der Waals surface area contributed by atoms with Crippen LogP contribution in [0.3, 0.4) is 0 Å². The molecule has 0 spiro atoms. The van der Waals surface area contributed by atoms with Crippen LogP contribution in [-0.2, 0) is 17.8 Å². The summed E-state index contributed by atoms with van der Waals surface area (Å²) in [5, 5.41) is 0. The Morgan fingerprint density at radius 3 is 2.90 bits per heavy atom. The molecular formula is C13H19N5O2. The van der Waals surface area contributed by atoms with Crippen LogP contribution in [0.25, 0.3) is 0 Å². The maximum absolute atomic E-state index is 11.7. The molecule has 7 nitrogen and oxygen atoms in total. The summed E-state index contributed by atoms with van der Waals surface area (Å²) < 4.78 is 8.76. The van der Waals surface area contributed by atoms with E-state index in [1.54, 1.807) is 19.4 Å². The van der Waals surface area contributed by atoms with Crippen LogP contribution in [0.4, 0.5) is 5.82 Å². The zero-order valence-corrected chi connectivity index (χ0v) is 11.7. The molecule has 2 aromatic heterocycles. The molecule has 0 saturated carbocycles. The second-order valence-corrected chi connectivity index (χ2v) is 4.42. The fourth-order valence-corrected chi connectivity index (χ4v) is 2.04. The lowest BCUT2D eigenvalue weighted by Crippen LogP contribution is -2.11. The molecule has 2 heterocycles. The van der Waals surface area contributed by atoms with Crippen LogP contribution in [0.1, 0.15) is 29.7 Å². The number of esters is 1. The van der Waals surface area contributed by atoms with Gasteiger partial charge < -0.3 is 19.6 Å². The molecular weight excluding hydrogens is 258 g/mol. The summed E-state index contributed by atoms with van der Waals surface area (Å²) in [6, 6.07) is 0. The van der Waals surface area contributed by atoms with E-state index in [1.807, 2.05) is 22.3 Å². The molecule has 0 aromatic carbocycles. The van der Waals surface area contributed by atoms with Crippen molar-refractivity contribution in [2.75, 3.05) is 12.3 Å². The summed E-state index contributed by atoms with van der Waals surface area (Å²) in [5.41, 5.74) is 6.18. The Balaban J connectivity index is 2.02. The highest BCUT2D eigenvalue weighted by Gasteiger charge is 2.19. The molecule has 0 aliphatic carbocycles. The third-order valence-electron chi connectivity index (χ3n) is 3.02. The lowest BCUT2D eigenvalue weighted by Gasteiger charge is -2.08. The Bertz CT molecular complexity index is 574. The minimum atomic E-state index is -0.471. The molecule has 20 heavy (non-hydrogen) atoms. The third kappa shape index (κ3) is 2.98. The van der Waals surface area contributed by atoms with Crippen molar-refractivity contribution in [3.8, 4) is 0 Å². The summed E-state index contributed by atoms with van der Waals surface area (Å²) in [6.45, 7) is 5.43. The van der Waals surface area contributed by atoms with E-state index in [9.17, 15) is 4.79 Å². The van der Waals surface area contributed by atoms with Gasteiger partial charge in [0.05, 0.1) is 12.9 Å². The van der Waals surface area contributed by atoms with Gasteiger partial charge in [0.1, 0.15) is 11.6 Å². The van der Waals surface area contributed by atoms with Crippen LogP contribution in [0.5, 0.6) is 0 Å². The van der Waals surface area contributed by atoms with Crippen LogP contribution in [-0.4, -0.2) is 31.7 Å². The number of nitrogen functional groups attached to an aromatic ring is 1. The number of aromatic nitrogens is 4. The second-order valence-electron chi connectivity index (χ2n) is 4.42. The summed E-state index contributed by atoms with van der Waals surface area (Å²) in [4.78, 5) is 19.9. The van der Waals surface area contributed by atoms with Crippen molar-refractivity contribution in [1.82, 2.24) is 19.1 Å². The molecule has 0 radical (unpaired) electrons. The van der Waals surface area contributed by atoms with Gasteiger partial charge in [0, 0.05) is 25.5 Å². The van der Waals surface area contributed by atoms with Crippen molar-refractivity contribution < 1.29 is 9.53 Å². The smallest absolute Gasteiger partial charge is 0.360 e. The van der Waals surface area contributed by atoms with E-state index < -0.39 is 5.97 Å². The highest BCUT2D eigenvalue weighted by molar-refractivity contribution is 5.92. The van der Waals surface area contributed by atoms with Crippen molar-refractivity contribution in [3.05, 3.63) is 30.2 Å². The first-order valence-corrected chi connectivity index (χ1v) is 6.59. The van der Waals surface area contributed by atoms with Gasteiger partial charge in [-0.25, -0.2) is 14.8 Å². The molecule has 2 aromatic rings. The fraction of sp³-hybridized carbons (Fsp3) is 0.462. The molecule has 0 atom stereocenters. The van der Waals surface area contributed by atoms with E-state index in [4.69, 9.17) is 10.5 Å². The Hall–Kier alpha value is -2.31. The van der Waals surface area contributed by atoms with Gasteiger partial charge in [-0.15, -0.1) is 0 Å². The average molecular weight is 277 g/mol. The van der Waals surface area contributed by atoms with Gasteiger partial charge in [0.25, 0.3) is 0 Å². The zero-order chi connectivity index (χ0) is 14.5. The number of aryl methyl sites for hydroxylation is 2. The van der Waals surface area contributed by atoms with Crippen LogP contribution in [0, 0.1) is 6.92 Å². The number of carbonyl (C=O) groups is 1. The van der Waals surface area contributed by atoms with Gasteiger partial charge in [-0.05, 0) is 20.3 Å². The van der Waals surface area contributed by atoms with Crippen molar-refractivity contribution in [1.29, 1.82) is 0 Å². The first-order valence-electron chi connectivity index (χ1n) is 6.59. The summed E-state index contributed by atoms with van der Waals surface area (Å²) in [5.74, 6) is 0.615. The van der Waals surface area contributed by atoms with Crippen LogP contribution in [0.15, 0.2) is 18.7 Å². The Morgan fingerprint density at radius 2 is 2.25 bits per heavy atom. The molecule has 0 bridgehead atoms. The molecule has 2 N–H and O–H groups in total. The van der Waals surface area contributed by atoms with Gasteiger partial charge in [-0.1, -0.05) is 0 Å². The van der Waals surface area contributed by atoms with E-state index in [-0.39, 0.29) is 5.69 Å². The van der Waals surface area contributed by atoms with Gasteiger partial charge in [-0.2, -0.15) is 0 Å². The van der Waals surface area contributed by atoms with Gasteiger partial charge in [0.15, 0.2) is 5.69 Å². The summed E-state index contributed by atoms with van der Waals surface area (Å²) in [6.07, 6.45) is 6.30. The number of carbonyl (C=O) groups excluding carboxylic acids is 1. The monoisotopic (exact) mass is 277 g/mol. The number of hydrogen-bond donors (Lipinski definition) is 1. The predicted molar refractivity (Wildman–Crippen MR) is 74.2 cm³/mol. The molecule has 0 aliphatic rings. The highest BCUT2D eigenvalue weighted by Crippen LogP contribution is 2.16. The number of ether oxygens (including phenoxy) is 1. The topological polar surface area (TPSA) is 88.0 Å². The predicted octanol–water partition coefficient (Wildman–Crippen LogP) is 1.24. The number of anilines is 1. The highest BCUT2D eigenvalue weighted by atomic mass is 16.5. The minimum Gasteiger partial charge on any atom is -0.461 e. The van der Waals surface area contributed by atoms with Crippen molar-refractivity contribution in [3.63, 3.8) is 0 Å². The third-order valence-corrected chi connectivity index (χ3v) is 3.02.